The molecule has 0 aliphatic heterocycles. The molecule has 0 aliphatic rings. The predicted octanol–water partition coefficient (Wildman–Crippen LogP) is 5.23. The van der Waals surface area contributed by atoms with E-state index >= 15 is 0 Å². The zero-order valence-electron chi connectivity index (χ0n) is 13.6. The molecule has 0 bridgehead atoms. The third-order valence-electron chi connectivity index (χ3n) is 4.29. The molecule has 0 saturated carbocycles. The summed E-state index contributed by atoms with van der Waals surface area (Å²) in [6, 6.07) is 13.7. The number of hydrogen-bond acceptors (Lipinski definition) is 1. The van der Waals surface area contributed by atoms with Crippen LogP contribution in [0.2, 0.25) is 18.1 Å². The first-order chi connectivity index (χ1) is 9.53. The van der Waals surface area contributed by atoms with Gasteiger partial charge in [-0.15, -0.1) is 0 Å². The standard InChI is InChI=1S/C18H28OSi/c1-6-18(5,19-20(7-2,8-3)9-4)16-15-17-13-11-10-12-14-17/h10-14H,6-9H2,1-5H3. The van der Waals surface area contributed by atoms with Gasteiger partial charge < -0.3 is 4.43 Å². The molecule has 0 radical (unpaired) electrons. The lowest BCUT2D eigenvalue weighted by Crippen LogP contribution is -2.44. The van der Waals surface area contributed by atoms with E-state index < -0.39 is 8.32 Å². The molecule has 1 aromatic carbocycles. The maximum absolute atomic E-state index is 6.61. The van der Waals surface area contributed by atoms with Gasteiger partial charge in [-0.1, -0.05) is 57.7 Å². The first kappa shape index (κ1) is 17.0. The highest BCUT2D eigenvalue weighted by Gasteiger charge is 2.36. The van der Waals surface area contributed by atoms with E-state index in [1.54, 1.807) is 0 Å². The van der Waals surface area contributed by atoms with Gasteiger partial charge in [-0.2, -0.15) is 0 Å². The first-order valence-electron chi connectivity index (χ1n) is 7.81. The summed E-state index contributed by atoms with van der Waals surface area (Å²) in [7, 11) is -1.61. The Hall–Kier alpha value is -1.04. The van der Waals surface area contributed by atoms with Crippen molar-refractivity contribution in [2.24, 2.45) is 0 Å². The lowest BCUT2D eigenvalue weighted by atomic mass is 10.0. The molecule has 1 unspecified atom stereocenters. The maximum atomic E-state index is 6.61. The highest BCUT2D eigenvalue weighted by atomic mass is 28.4. The highest BCUT2D eigenvalue weighted by Crippen LogP contribution is 2.29. The Labute approximate surface area is 125 Å². The minimum absolute atomic E-state index is 0.315. The summed E-state index contributed by atoms with van der Waals surface area (Å²) in [5.41, 5.74) is 0.747. The topological polar surface area (TPSA) is 9.23 Å². The Morgan fingerprint density at radius 3 is 2.00 bits per heavy atom. The summed E-state index contributed by atoms with van der Waals surface area (Å²) < 4.78 is 6.61. The molecule has 1 aromatic rings. The van der Waals surface area contributed by atoms with E-state index in [4.69, 9.17) is 4.43 Å². The van der Waals surface area contributed by atoms with E-state index in [0.717, 1.165) is 12.0 Å². The third kappa shape index (κ3) is 4.51. The molecule has 0 aliphatic carbocycles. The molecule has 1 nitrogen and oxygen atoms in total. The van der Waals surface area contributed by atoms with Crippen LogP contribution < -0.4 is 0 Å². The van der Waals surface area contributed by atoms with Gasteiger partial charge in [-0.25, -0.2) is 0 Å². The normalized spacial score (nSPS) is 14.2. The second-order valence-electron chi connectivity index (χ2n) is 5.55. The molecule has 2 heteroatoms. The second kappa shape index (κ2) is 7.66. The molecular weight excluding hydrogens is 260 g/mol. The zero-order chi connectivity index (χ0) is 15.1. The summed E-state index contributed by atoms with van der Waals surface area (Å²) in [6.07, 6.45) is 0.932. The van der Waals surface area contributed by atoms with Crippen molar-refractivity contribution in [3.05, 3.63) is 35.9 Å². The summed E-state index contributed by atoms with van der Waals surface area (Å²) in [6.45, 7) is 11.1. The minimum atomic E-state index is -1.61. The molecule has 0 heterocycles. The van der Waals surface area contributed by atoms with Crippen LogP contribution in [-0.4, -0.2) is 13.9 Å². The lowest BCUT2D eigenvalue weighted by molar-refractivity contribution is 0.132. The van der Waals surface area contributed by atoms with Crippen molar-refractivity contribution in [3.8, 4) is 11.8 Å². The fourth-order valence-electron chi connectivity index (χ4n) is 2.36. The molecule has 0 amide bonds. The Morgan fingerprint density at radius 1 is 1.00 bits per heavy atom. The summed E-state index contributed by atoms with van der Waals surface area (Å²) in [5, 5.41) is 0. The average Bonchev–Trinajstić information content (AvgIpc) is 2.52. The highest BCUT2D eigenvalue weighted by molar-refractivity contribution is 6.73. The predicted molar refractivity (Wildman–Crippen MR) is 90.3 cm³/mol. The summed E-state index contributed by atoms with van der Waals surface area (Å²) in [4.78, 5) is 0. The molecule has 0 saturated heterocycles. The van der Waals surface area contributed by atoms with Crippen LogP contribution >= 0.6 is 0 Å². The number of benzene rings is 1. The van der Waals surface area contributed by atoms with Crippen molar-refractivity contribution in [1.82, 2.24) is 0 Å². The Bertz CT molecular complexity index is 445. The largest absolute Gasteiger partial charge is 0.401 e. The molecule has 110 valence electrons. The van der Waals surface area contributed by atoms with E-state index in [0.29, 0.717) is 0 Å². The van der Waals surface area contributed by atoms with Crippen LogP contribution in [0, 0.1) is 11.8 Å². The van der Waals surface area contributed by atoms with Gasteiger partial charge in [-0.3, -0.25) is 0 Å². The summed E-state index contributed by atoms with van der Waals surface area (Å²) in [5.74, 6) is 6.66. The van der Waals surface area contributed by atoms with Gasteiger partial charge in [-0.05, 0) is 43.6 Å². The first-order valence-corrected chi connectivity index (χ1v) is 10.3. The monoisotopic (exact) mass is 288 g/mol. The number of rotatable bonds is 6. The van der Waals surface area contributed by atoms with Crippen LogP contribution in [0.5, 0.6) is 0 Å². The van der Waals surface area contributed by atoms with Crippen molar-refractivity contribution in [2.45, 2.75) is 64.8 Å². The van der Waals surface area contributed by atoms with Gasteiger partial charge in [0.05, 0.1) is 0 Å². The summed E-state index contributed by atoms with van der Waals surface area (Å²) >= 11 is 0. The van der Waals surface area contributed by atoms with Crippen molar-refractivity contribution < 1.29 is 4.43 Å². The van der Waals surface area contributed by atoms with E-state index in [1.807, 2.05) is 30.3 Å². The van der Waals surface area contributed by atoms with Gasteiger partial charge in [0.1, 0.15) is 5.60 Å². The molecule has 0 N–H and O–H groups in total. The van der Waals surface area contributed by atoms with Gasteiger partial charge >= 0.3 is 0 Å². The molecule has 1 rings (SSSR count). The number of hydrogen-bond donors (Lipinski definition) is 0. The molecule has 1 atom stereocenters. The zero-order valence-corrected chi connectivity index (χ0v) is 14.6. The molecule has 0 spiro atoms. The van der Waals surface area contributed by atoms with Crippen molar-refractivity contribution in [1.29, 1.82) is 0 Å². The van der Waals surface area contributed by atoms with Gasteiger partial charge in [0.2, 0.25) is 0 Å². The Balaban J connectivity index is 2.95. The quantitative estimate of drug-likeness (QED) is 0.514. The van der Waals surface area contributed by atoms with Crippen LogP contribution in [-0.2, 0) is 4.43 Å². The van der Waals surface area contributed by atoms with Crippen LogP contribution in [0.25, 0.3) is 0 Å². The molecule has 0 fully saturated rings. The SMILES string of the molecule is CCC(C)(C#Cc1ccccc1)O[Si](CC)(CC)CC. The average molecular weight is 289 g/mol. The van der Waals surface area contributed by atoms with Crippen molar-refractivity contribution >= 4 is 8.32 Å². The lowest BCUT2D eigenvalue weighted by Gasteiger charge is -2.37. The van der Waals surface area contributed by atoms with Crippen LogP contribution in [0.1, 0.15) is 46.6 Å². The Kier molecular flexibility index (Phi) is 6.52. The fraction of sp³-hybridized carbons (Fsp3) is 0.556. The molecule has 0 aromatic heterocycles. The molecular formula is C18H28OSi. The van der Waals surface area contributed by atoms with Gasteiger partial charge in [0, 0.05) is 5.56 Å². The second-order valence-corrected chi connectivity index (χ2v) is 10.2. The van der Waals surface area contributed by atoms with Crippen molar-refractivity contribution in [2.75, 3.05) is 0 Å². The third-order valence-corrected chi connectivity index (χ3v) is 9.04. The van der Waals surface area contributed by atoms with Crippen LogP contribution in [0.4, 0.5) is 0 Å². The van der Waals surface area contributed by atoms with E-state index in [-0.39, 0.29) is 5.60 Å². The van der Waals surface area contributed by atoms with Crippen LogP contribution in [0.15, 0.2) is 30.3 Å². The van der Waals surface area contributed by atoms with Gasteiger partial charge in [0.25, 0.3) is 0 Å². The smallest absolute Gasteiger partial charge is 0.194 e. The van der Waals surface area contributed by atoms with E-state index in [2.05, 4.69) is 46.5 Å². The fourth-order valence-corrected chi connectivity index (χ4v) is 5.44. The van der Waals surface area contributed by atoms with Crippen LogP contribution in [0.3, 0.4) is 0 Å². The maximum Gasteiger partial charge on any atom is 0.194 e. The minimum Gasteiger partial charge on any atom is -0.401 e. The Morgan fingerprint density at radius 2 is 1.55 bits per heavy atom. The van der Waals surface area contributed by atoms with Gasteiger partial charge in [0.15, 0.2) is 8.32 Å². The molecule has 20 heavy (non-hydrogen) atoms. The van der Waals surface area contributed by atoms with Crippen molar-refractivity contribution in [3.63, 3.8) is 0 Å². The van der Waals surface area contributed by atoms with E-state index in [9.17, 15) is 0 Å². The van der Waals surface area contributed by atoms with E-state index in [1.165, 1.54) is 18.1 Å².